The first-order valence-corrected chi connectivity index (χ1v) is 7.51. The maximum atomic E-state index is 12.5. The number of rotatable bonds is 3. The molecule has 0 saturated carbocycles. The number of pyridine rings is 1. The summed E-state index contributed by atoms with van der Waals surface area (Å²) < 4.78 is 6.89. The van der Waals surface area contributed by atoms with E-state index in [-0.39, 0.29) is 6.61 Å². The summed E-state index contributed by atoms with van der Waals surface area (Å²) in [6.07, 6.45) is 1.75. The molecule has 0 saturated heterocycles. The number of fused-ring (bicyclic) bond motifs is 1. The third-order valence-corrected chi connectivity index (χ3v) is 3.78. The van der Waals surface area contributed by atoms with Crippen LogP contribution in [-0.4, -0.2) is 17.0 Å². The Morgan fingerprint density at radius 1 is 1.30 bits per heavy atom. The summed E-state index contributed by atoms with van der Waals surface area (Å²) in [5, 5.41) is 10.2. The molecule has 0 N–H and O–H groups in total. The van der Waals surface area contributed by atoms with Crippen LogP contribution in [0.2, 0.25) is 5.02 Å². The number of benzene rings is 1. The highest BCUT2D eigenvalue weighted by molar-refractivity contribution is 6.31. The molecule has 2 aromatic heterocycles. The summed E-state index contributed by atoms with van der Waals surface area (Å²) in [4.78, 5) is 12.5. The summed E-state index contributed by atoms with van der Waals surface area (Å²) in [7, 11) is 0. The van der Waals surface area contributed by atoms with Crippen LogP contribution in [0.25, 0.3) is 16.6 Å². The van der Waals surface area contributed by atoms with Gasteiger partial charge in [0.15, 0.2) is 0 Å². The highest BCUT2D eigenvalue weighted by atomic mass is 35.5. The molecule has 114 valence electrons. The number of carbonyl (C=O) groups is 1. The van der Waals surface area contributed by atoms with Crippen LogP contribution in [0.3, 0.4) is 0 Å². The fraction of sp³-hybridized carbons (Fsp3) is 0.111. The van der Waals surface area contributed by atoms with Crippen molar-refractivity contribution < 1.29 is 9.53 Å². The standard InChI is InChI=1S/C18H13ClN2O2/c1-2-23-18(22)17-14-8-3-4-9-21(14)15(11-20)16(17)12-6-5-7-13(19)10-12/h3-10H,2H2,1H3. The Hall–Kier alpha value is -2.77. The third-order valence-electron chi connectivity index (χ3n) is 3.54. The molecule has 0 aliphatic rings. The van der Waals surface area contributed by atoms with Gasteiger partial charge < -0.3 is 9.14 Å². The molecule has 0 fully saturated rings. The molecule has 0 amide bonds. The van der Waals surface area contributed by atoms with E-state index >= 15 is 0 Å². The van der Waals surface area contributed by atoms with E-state index in [1.807, 2.05) is 18.2 Å². The first-order chi connectivity index (χ1) is 11.2. The second-order valence-electron chi connectivity index (χ2n) is 4.90. The van der Waals surface area contributed by atoms with Gasteiger partial charge >= 0.3 is 5.97 Å². The number of ether oxygens (including phenoxy) is 1. The first kappa shape index (κ1) is 15.1. The number of aromatic nitrogens is 1. The monoisotopic (exact) mass is 324 g/mol. The summed E-state index contributed by atoms with van der Waals surface area (Å²) in [5.41, 5.74) is 2.65. The first-order valence-electron chi connectivity index (χ1n) is 7.13. The molecule has 1 aromatic carbocycles. The van der Waals surface area contributed by atoms with Crippen molar-refractivity contribution in [2.24, 2.45) is 0 Å². The van der Waals surface area contributed by atoms with Gasteiger partial charge in [0.2, 0.25) is 0 Å². The van der Waals surface area contributed by atoms with E-state index in [1.54, 1.807) is 41.8 Å². The average molecular weight is 325 g/mol. The summed E-state index contributed by atoms with van der Waals surface area (Å²) in [6.45, 7) is 2.01. The van der Waals surface area contributed by atoms with Crippen LogP contribution < -0.4 is 0 Å². The fourth-order valence-electron chi connectivity index (χ4n) is 2.65. The van der Waals surface area contributed by atoms with Gasteiger partial charge in [0.1, 0.15) is 11.8 Å². The zero-order chi connectivity index (χ0) is 16.4. The van der Waals surface area contributed by atoms with Crippen LogP contribution in [0.1, 0.15) is 23.0 Å². The Balaban J connectivity index is 2.41. The SMILES string of the molecule is CCOC(=O)c1c(-c2cccc(Cl)c2)c(C#N)n2ccccc12. The van der Waals surface area contributed by atoms with E-state index in [4.69, 9.17) is 16.3 Å². The lowest BCUT2D eigenvalue weighted by atomic mass is 10.0. The van der Waals surface area contributed by atoms with E-state index in [0.29, 0.717) is 32.9 Å². The molecule has 3 aromatic rings. The number of nitrogens with zero attached hydrogens (tertiary/aromatic N) is 2. The van der Waals surface area contributed by atoms with Crippen LogP contribution in [0.5, 0.6) is 0 Å². The van der Waals surface area contributed by atoms with Gasteiger partial charge in [-0.3, -0.25) is 0 Å². The molecule has 0 aliphatic heterocycles. The second-order valence-corrected chi connectivity index (χ2v) is 5.33. The van der Waals surface area contributed by atoms with Gasteiger partial charge in [-0.05, 0) is 36.8 Å². The minimum atomic E-state index is -0.451. The third kappa shape index (κ3) is 2.56. The average Bonchev–Trinajstić information content (AvgIpc) is 2.89. The molecule has 2 heterocycles. The lowest BCUT2D eigenvalue weighted by Gasteiger charge is -2.05. The Morgan fingerprint density at radius 2 is 2.13 bits per heavy atom. The van der Waals surface area contributed by atoms with Gasteiger partial charge in [-0.15, -0.1) is 0 Å². The largest absolute Gasteiger partial charge is 0.462 e. The Morgan fingerprint density at radius 3 is 2.83 bits per heavy atom. The molecule has 0 spiro atoms. The van der Waals surface area contributed by atoms with Crippen molar-refractivity contribution in [3.8, 4) is 17.2 Å². The highest BCUT2D eigenvalue weighted by Crippen LogP contribution is 2.34. The maximum absolute atomic E-state index is 12.5. The molecule has 0 bridgehead atoms. The molecular weight excluding hydrogens is 312 g/mol. The van der Waals surface area contributed by atoms with E-state index in [1.165, 1.54) is 0 Å². The van der Waals surface area contributed by atoms with Crippen molar-refractivity contribution in [1.29, 1.82) is 5.26 Å². The molecule has 4 nitrogen and oxygen atoms in total. The zero-order valence-electron chi connectivity index (χ0n) is 12.4. The van der Waals surface area contributed by atoms with Crippen LogP contribution in [0.4, 0.5) is 0 Å². The Labute approximate surface area is 138 Å². The lowest BCUT2D eigenvalue weighted by molar-refractivity contribution is 0.0529. The summed E-state index contributed by atoms with van der Waals surface area (Å²) in [6, 6.07) is 14.7. The van der Waals surface area contributed by atoms with Gasteiger partial charge in [0, 0.05) is 16.8 Å². The van der Waals surface area contributed by atoms with Crippen LogP contribution in [0.15, 0.2) is 48.7 Å². The van der Waals surface area contributed by atoms with Crippen molar-refractivity contribution in [1.82, 2.24) is 4.40 Å². The quantitative estimate of drug-likeness (QED) is 0.675. The second kappa shape index (κ2) is 6.15. The predicted octanol–water partition coefficient (Wildman–Crippen LogP) is 4.31. The van der Waals surface area contributed by atoms with Crippen molar-refractivity contribution in [2.75, 3.05) is 6.61 Å². The number of nitriles is 1. The number of hydrogen-bond donors (Lipinski definition) is 0. The van der Waals surface area contributed by atoms with Gasteiger partial charge in [-0.2, -0.15) is 5.26 Å². The minimum Gasteiger partial charge on any atom is -0.462 e. The fourth-order valence-corrected chi connectivity index (χ4v) is 2.84. The molecule has 5 heteroatoms. The van der Waals surface area contributed by atoms with E-state index in [2.05, 4.69) is 6.07 Å². The molecular formula is C18H13ClN2O2. The maximum Gasteiger partial charge on any atom is 0.341 e. The molecule has 23 heavy (non-hydrogen) atoms. The van der Waals surface area contributed by atoms with Crippen LogP contribution in [0, 0.1) is 11.3 Å². The van der Waals surface area contributed by atoms with Gasteiger partial charge in [-0.25, -0.2) is 4.79 Å². The van der Waals surface area contributed by atoms with Crippen LogP contribution >= 0.6 is 11.6 Å². The number of esters is 1. The summed E-state index contributed by atoms with van der Waals surface area (Å²) >= 11 is 6.08. The zero-order valence-corrected chi connectivity index (χ0v) is 13.2. The Kier molecular flexibility index (Phi) is 4.05. The summed E-state index contributed by atoms with van der Waals surface area (Å²) in [5.74, 6) is -0.451. The van der Waals surface area contributed by atoms with Crippen molar-refractivity contribution in [2.45, 2.75) is 6.92 Å². The smallest absolute Gasteiger partial charge is 0.341 e. The highest BCUT2D eigenvalue weighted by Gasteiger charge is 2.25. The van der Waals surface area contributed by atoms with Gasteiger partial charge in [-0.1, -0.05) is 29.8 Å². The van der Waals surface area contributed by atoms with Gasteiger partial charge in [0.25, 0.3) is 0 Å². The van der Waals surface area contributed by atoms with Crippen molar-refractivity contribution in [3.05, 3.63) is 64.9 Å². The topological polar surface area (TPSA) is 54.5 Å². The predicted molar refractivity (Wildman–Crippen MR) is 88.5 cm³/mol. The van der Waals surface area contributed by atoms with E-state index < -0.39 is 5.97 Å². The van der Waals surface area contributed by atoms with E-state index in [9.17, 15) is 10.1 Å². The molecule has 3 rings (SSSR count). The lowest BCUT2D eigenvalue weighted by Crippen LogP contribution is -2.05. The van der Waals surface area contributed by atoms with Gasteiger partial charge in [0.05, 0.1) is 17.7 Å². The molecule has 0 unspecified atom stereocenters. The van der Waals surface area contributed by atoms with Crippen molar-refractivity contribution >= 4 is 23.1 Å². The number of hydrogen-bond acceptors (Lipinski definition) is 3. The number of carbonyl (C=O) groups excluding carboxylic acids is 1. The molecule has 0 radical (unpaired) electrons. The number of halogens is 1. The normalized spacial score (nSPS) is 10.5. The Bertz CT molecular complexity index is 938. The van der Waals surface area contributed by atoms with E-state index in [0.717, 1.165) is 0 Å². The van der Waals surface area contributed by atoms with Crippen molar-refractivity contribution in [3.63, 3.8) is 0 Å². The molecule has 0 aliphatic carbocycles. The van der Waals surface area contributed by atoms with Crippen LogP contribution in [-0.2, 0) is 4.74 Å². The molecule has 0 atom stereocenters. The minimum absolute atomic E-state index is 0.264.